The average molecular weight is 274 g/mol. The van der Waals surface area contributed by atoms with Crippen LogP contribution < -0.4 is 5.73 Å². The molecule has 2 rings (SSSR count). The molecule has 2 aromatic rings. The highest BCUT2D eigenvalue weighted by Gasteiger charge is 2.15. The van der Waals surface area contributed by atoms with E-state index in [4.69, 9.17) is 5.73 Å². The quantitative estimate of drug-likeness (QED) is 0.914. The molecule has 0 saturated carbocycles. The molecule has 0 saturated heterocycles. The fourth-order valence-electron chi connectivity index (χ4n) is 2.08. The number of rotatable bonds is 3. The summed E-state index contributed by atoms with van der Waals surface area (Å²) in [5.41, 5.74) is 9.54. The first-order valence-electron chi connectivity index (χ1n) is 6.75. The van der Waals surface area contributed by atoms with Crippen molar-refractivity contribution < 1.29 is 0 Å². The zero-order valence-corrected chi connectivity index (χ0v) is 13.0. The van der Waals surface area contributed by atoms with Crippen molar-refractivity contribution in [1.82, 2.24) is 4.98 Å². The lowest BCUT2D eigenvalue weighted by molar-refractivity contribution is 0.590. The molecule has 3 heteroatoms. The predicted molar refractivity (Wildman–Crippen MR) is 83.5 cm³/mol. The fourth-order valence-corrected chi connectivity index (χ4v) is 2.99. The van der Waals surface area contributed by atoms with E-state index in [1.165, 1.54) is 16.0 Å². The smallest absolute Gasteiger partial charge is 0.107 e. The number of aryl methyl sites for hydroxylation is 1. The van der Waals surface area contributed by atoms with Gasteiger partial charge in [0.05, 0.1) is 5.69 Å². The Labute approximate surface area is 119 Å². The summed E-state index contributed by atoms with van der Waals surface area (Å²) in [6.45, 7) is 9.39. The van der Waals surface area contributed by atoms with E-state index in [0.29, 0.717) is 6.54 Å². The topological polar surface area (TPSA) is 38.9 Å². The molecule has 1 aromatic carbocycles. The van der Waals surface area contributed by atoms with Crippen LogP contribution in [0, 0.1) is 0 Å². The molecule has 1 aromatic heterocycles. The summed E-state index contributed by atoms with van der Waals surface area (Å²) in [6.07, 6.45) is 1.01. The van der Waals surface area contributed by atoms with Crippen LogP contribution in [-0.4, -0.2) is 4.98 Å². The second-order valence-electron chi connectivity index (χ2n) is 5.76. The minimum atomic E-state index is 0.191. The van der Waals surface area contributed by atoms with Crippen molar-refractivity contribution in [3.8, 4) is 11.3 Å². The van der Waals surface area contributed by atoms with Crippen LogP contribution in [0.1, 0.15) is 43.1 Å². The first-order valence-corrected chi connectivity index (χ1v) is 7.57. The molecule has 0 aliphatic heterocycles. The first kappa shape index (κ1) is 14.2. The molecule has 0 aliphatic carbocycles. The maximum absolute atomic E-state index is 5.69. The summed E-state index contributed by atoms with van der Waals surface area (Å²) in [5, 5.41) is 1.02. The molecule has 0 unspecified atom stereocenters. The van der Waals surface area contributed by atoms with Gasteiger partial charge >= 0.3 is 0 Å². The molecule has 19 heavy (non-hydrogen) atoms. The molecular formula is C16H22N2S. The lowest BCUT2D eigenvalue weighted by atomic mass is 9.86. The molecular weight excluding hydrogens is 252 g/mol. The number of thiazole rings is 1. The van der Waals surface area contributed by atoms with Crippen LogP contribution in [0.25, 0.3) is 11.3 Å². The van der Waals surface area contributed by atoms with Gasteiger partial charge in [0.15, 0.2) is 0 Å². The van der Waals surface area contributed by atoms with E-state index in [-0.39, 0.29) is 5.41 Å². The second kappa shape index (κ2) is 5.43. The van der Waals surface area contributed by atoms with Crippen LogP contribution in [0.5, 0.6) is 0 Å². The first-order chi connectivity index (χ1) is 8.95. The Morgan fingerprint density at radius 2 is 1.79 bits per heavy atom. The van der Waals surface area contributed by atoms with Crippen molar-refractivity contribution in [1.29, 1.82) is 0 Å². The van der Waals surface area contributed by atoms with E-state index in [1.807, 2.05) is 0 Å². The summed E-state index contributed by atoms with van der Waals surface area (Å²) in [7, 11) is 0. The van der Waals surface area contributed by atoms with Gasteiger partial charge in [-0.15, -0.1) is 11.3 Å². The summed E-state index contributed by atoms with van der Waals surface area (Å²) in [6, 6.07) is 8.76. The van der Waals surface area contributed by atoms with Gasteiger partial charge in [-0.3, -0.25) is 0 Å². The van der Waals surface area contributed by atoms with Gasteiger partial charge in [-0.05, 0) is 17.4 Å². The molecule has 0 radical (unpaired) electrons. The lowest BCUT2D eigenvalue weighted by Gasteiger charge is -2.19. The van der Waals surface area contributed by atoms with Crippen molar-refractivity contribution in [2.45, 2.75) is 46.1 Å². The maximum atomic E-state index is 5.69. The molecule has 0 bridgehead atoms. The highest BCUT2D eigenvalue weighted by Crippen LogP contribution is 2.30. The van der Waals surface area contributed by atoms with Gasteiger partial charge < -0.3 is 5.73 Å². The fraction of sp³-hybridized carbons (Fsp3) is 0.438. The maximum Gasteiger partial charge on any atom is 0.107 e. The Morgan fingerprint density at radius 1 is 1.16 bits per heavy atom. The number of nitrogens with zero attached hydrogens (tertiary/aromatic N) is 1. The highest BCUT2D eigenvalue weighted by atomic mass is 32.1. The minimum absolute atomic E-state index is 0.191. The SMILES string of the molecule is CCc1sc(CN)nc1-c1ccc(C(C)(C)C)cc1. The zero-order valence-electron chi connectivity index (χ0n) is 12.2. The second-order valence-corrected chi connectivity index (χ2v) is 6.93. The number of hydrogen-bond donors (Lipinski definition) is 1. The van der Waals surface area contributed by atoms with Crippen molar-refractivity contribution in [2.24, 2.45) is 5.73 Å². The third-order valence-electron chi connectivity index (χ3n) is 3.26. The van der Waals surface area contributed by atoms with Crippen LogP contribution in [0.15, 0.2) is 24.3 Å². The Morgan fingerprint density at radius 3 is 2.26 bits per heavy atom. The largest absolute Gasteiger partial charge is 0.325 e. The van der Waals surface area contributed by atoms with E-state index in [9.17, 15) is 0 Å². The van der Waals surface area contributed by atoms with Crippen LogP contribution in [0.3, 0.4) is 0 Å². The molecule has 1 heterocycles. The van der Waals surface area contributed by atoms with E-state index in [0.717, 1.165) is 17.1 Å². The minimum Gasteiger partial charge on any atom is -0.325 e. The third-order valence-corrected chi connectivity index (χ3v) is 4.48. The van der Waals surface area contributed by atoms with Gasteiger partial charge in [0.25, 0.3) is 0 Å². The summed E-state index contributed by atoms with van der Waals surface area (Å²) in [4.78, 5) is 5.98. The number of aromatic nitrogens is 1. The molecule has 102 valence electrons. The standard InChI is InChI=1S/C16H22N2S/c1-5-13-15(18-14(10-17)19-13)11-6-8-12(9-7-11)16(2,3)4/h6-9H,5,10,17H2,1-4H3. The molecule has 2 nitrogen and oxygen atoms in total. The average Bonchev–Trinajstić information content (AvgIpc) is 2.81. The van der Waals surface area contributed by atoms with Gasteiger partial charge in [0, 0.05) is 17.0 Å². The van der Waals surface area contributed by atoms with Gasteiger partial charge in [0.2, 0.25) is 0 Å². The van der Waals surface area contributed by atoms with Crippen molar-refractivity contribution >= 4 is 11.3 Å². The van der Waals surface area contributed by atoms with Crippen LogP contribution in [0.4, 0.5) is 0 Å². The Hall–Kier alpha value is -1.19. The molecule has 0 aliphatic rings. The predicted octanol–water partition coefficient (Wildman–Crippen LogP) is 4.13. The molecule has 0 atom stereocenters. The van der Waals surface area contributed by atoms with Gasteiger partial charge in [-0.25, -0.2) is 4.98 Å². The van der Waals surface area contributed by atoms with E-state index < -0.39 is 0 Å². The van der Waals surface area contributed by atoms with E-state index >= 15 is 0 Å². The normalized spacial score (nSPS) is 11.8. The number of hydrogen-bond acceptors (Lipinski definition) is 3. The summed E-state index contributed by atoms with van der Waals surface area (Å²) in [5.74, 6) is 0. The van der Waals surface area contributed by atoms with Crippen molar-refractivity contribution in [3.05, 3.63) is 39.7 Å². The number of benzene rings is 1. The van der Waals surface area contributed by atoms with E-state index in [2.05, 4.69) is 56.9 Å². The van der Waals surface area contributed by atoms with Gasteiger partial charge in [0.1, 0.15) is 5.01 Å². The zero-order chi connectivity index (χ0) is 14.0. The Bertz CT molecular complexity index is 547. The third kappa shape index (κ3) is 3.04. The Balaban J connectivity index is 2.39. The summed E-state index contributed by atoms with van der Waals surface area (Å²) < 4.78 is 0. The van der Waals surface area contributed by atoms with Gasteiger partial charge in [-0.2, -0.15) is 0 Å². The van der Waals surface area contributed by atoms with Crippen molar-refractivity contribution in [3.63, 3.8) is 0 Å². The van der Waals surface area contributed by atoms with Crippen LogP contribution in [0.2, 0.25) is 0 Å². The van der Waals surface area contributed by atoms with Crippen molar-refractivity contribution in [2.75, 3.05) is 0 Å². The monoisotopic (exact) mass is 274 g/mol. The van der Waals surface area contributed by atoms with Crippen LogP contribution in [-0.2, 0) is 18.4 Å². The Kier molecular flexibility index (Phi) is 4.07. The molecule has 2 N–H and O–H groups in total. The van der Waals surface area contributed by atoms with Crippen LogP contribution >= 0.6 is 11.3 Å². The number of nitrogens with two attached hydrogens (primary N) is 1. The van der Waals surface area contributed by atoms with Gasteiger partial charge in [-0.1, -0.05) is 52.0 Å². The summed E-state index contributed by atoms with van der Waals surface area (Å²) >= 11 is 1.73. The molecule has 0 amide bonds. The van der Waals surface area contributed by atoms with E-state index in [1.54, 1.807) is 11.3 Å². The molecule has 0 fully saturated rings. The molecule has 0 spiro atoms. The highest BCUT2D eigenvalue weighted by molar-refractivity contribution is 7.12. The lowest BCUT2D eigenvalue weighted by Crippen LogP contribution is -2.10.